The summed E-state index contributed by atoms with van der Waals surface area (Å²) in [5, 5.41) is 33.0. The van der Waals surface area contributed by atoms with Crippen LogP contribution in [0.4, 0.5) is 15.8 Å². The maximum Gasteiger partial charge on any atom is 0.341 e. The number of morpholine rings is 1. The molecule has 0 amide bonds. The molecule has 4 heterocycles. The molecule has 0 radical (unpaired) electrons. The topological polar surface area (TPSA) is 150 Å². The summed E-state index contributed by atoms with van der Waals surface area (Å²) in [6.45, 7) is 2.64. The molecule has 42 heavy (non-hydrogen) atoms. The van der Waals surface area contributed by atoms with E-state index < -0.39 is 35.7 Å². The van der Waals surface area contributed by atoms with E-state index in [4.69, 9.17) is 9.72 Å². The van der Waals surface area contributed by atoms with Crippen molar-refractivity contribution in [2.24, 2.45) is 0 Å². The van der Waals surface area contributed by atoms with Crippen LogP contribution < -0.4 is 15.6 Å². The van der Waals surface area contributed by atoms with Gasteiger partial charge in [-0.2, -0.15) is 0 Å². The summed E-state index contributed by atoms with van der Waals surface area (Å²) in [5.41, 5.74) is 3.45. The lowest BCUT2D eigenvalue weighted by Gasteiger charge is -2.32. The number of nitrogens with one attached hydrogen (secondary N) is 1. The number of ether oxygens (including phenoxy) is 1. The zero-order valence-electron chi connectivity index (χ0n) is 23.1. The van der Waals surface area contributed by atoms with Gasteiger partial charge in [-0.05, 0) is 36.2 Å². The first-order chi connectivity index (χ1) is 20.2. The summed E-state index contributed by atoms with van der Waals surface area (Å²) in [6.07, 6.45) is 4.88. The lowest BCUT2D eigenvalue weighted by Crippen LogP contribution is -2.40. The van der Waals surface area contributed by atoms with Gasteiger partial charge >= 0.3 is 5.97 Å². The number of aliphatic hydroxyl groups excluding tert-OH is 2. The summed E-state index contributed by atoms with van der Waals surface area (Å²) in [7, 11) is 1.75. The molecular formula is C30H30FN5O6. The highest BCUT2D eigenvalue weighted by Crippen LogP contribution is 2.48. The molecule has 1 aromatic carbocycles. The van der Waals surface area contributed by atoms with Gasteiger partial charge in [-0.3, -0.25) is 9.78 Å². The van der Waals surface area contributed by atoms with Gasteiger partial charge in [0.05, 0.1) is 48.7 Å². The molecule has 3 aromatic heterocycles. The number of aromatic nitrogens is 3. The van der Waals surface area contributed by atoms with E-state index in [2.05, 4.69) is 15.2 Å². The molecule has 1 aliphatic carbocycles. The first kappa shape index (κ1) is 27.8. The average molecular weight is 576 g/mol. The first-order valence-corrected chi connectivity index (χ1v) is 13.6. The third-order valence-electron chi connectivity index (χ3n) is 8.20. The van der Waals surface area contributed by atoms with Crippen LogP contribution in [0.2, 0.25) is 0 Å². The normalized spacial score (nSPS) is 14.6. The van der Waals surface area contributed by atoms with Crippen LogP contribution in [-0.2, 0) is 16.7 Å². The Kier molecular flexibility index (Phi) is 6.92. The Balaban J connectivity index is 1.64. The molecule has 0 atom stereocenters. The van der Waals surface area contributed by atoms with Gasteiger partial charge in [-0.1, -0.05) is 0 Å². The van der Waals surface area contributed by atoms with E-state index in [0.29, 0.717) is 49.5 Å². The molecule has 4 N–H and O–H groups in total. The van der Waals surface area contributed by atoms with Crippen molar-refractivity contribution >= 4 is 28.4 Å². The minimum Gasteiger partial charge on any atom is -0.477 e. The highest BCUT2D eigenvalue weighted by Gasteiger charge is 2.32. The van der Waals surface area contributed by atoms with E-state index in [0.717, 1.165) is 34.3 Å². The van der Waals surface area contributed by atoms with E-state index >= 15 is 0 Å². The van der Waals surface area contributed by atoms with Crippen LogP contribution >= 0.6 is 0 Å². The van der Waals surface area contributed by atoms with Crippen molar-refractivity contribution in [2.75, 3.05) is 56.8 Å². The van der Waals surface area contributed by atoms with Crippen LogP contribution in [0.25, 0.3) is 33.3 Å². The van der Waals surface area contributed by atoms with Crippen LogP contribution in [0.5, 0.6) is 0 Å². The second kappa shape index (κ2) is 10.5. The van der Waals surface area contributed by atoms with Gasteiger partial charge in [-0.15, -0.1) is 0 Å². The molecule has 0 spiro atoms. The van der Waals surface area contributed by atoms with Gasteiger partial charge in [0.25, 0.3) is 0 Å². The van der Waals surface area contributed by atoms with E-state index in [1.165, 1.54) is 23.6 Å². The number of aliphatic hydroxyl groups is 2. The number of hydrogen-bond donors (Lipinski definition) is 4. The number of carboxylic acid groups (broad SMARTS) is 1. The molecule has 1 aliphatic heterocycles. The first-order valence-electron chi connectivity index (χ1n) is 13.6. The van der Waals surface area contributed by atoms with Crippen molar-refractivity contribution in [3.8, 4) is 22.3 Å². The van der Waals surface area contributed by atoms with Crippen molar-refractivity contribution in [3.63, 3.8) is 0 Å². The number of halogens is 1. The van der Waals surface area contributed by atoms with E-state index in [1.54, 1.807) is 25.5 Å². The van der Waals surface area contributed by atoms with Crippen molar-refractivity contribution in [1.82, 2.24) is 14.5 Å². The minimum absolute atomic E-state index is 0.0119. The zero-order valence-corrected chi connectivity index (χ0v) is 23.1. The van der Waals surface area contributed by atoms with E-state index in [9.17, 15) is 29.3 Å². The van der Waals surface area contributed by atoms with Gasteiger partial charge in [0.15, 0.2) is 0 Å². The number of nitrogens with zero attached hydrogens (tertiary/aromatic N) is 4. The van der Waals surface area contributed by atoms with Gasteiger partial charge in [0.1, 0.15) is 17.0 Å². The van der Waals surface area contributed by atoms with Crippen LogP contribution in [0.3, 0.4) is 0 Å². The molecule has 218 valence electrons. The second-order valence-corrected chi connectivity index (χ2v) is 10.8. The summed E-state index contributed by atoms with van der Waals surface area (Å²) in [6, 6.07) is 4.54. The summed E-state index contributed by atoms with van der Waals surface area (Å²) >= 11 is 0. The van der Waals surface area contributed by atoms with Crippen LogP contribution in [-0.4, -0.2) is 82.4 Å². The summed E-state index contributed by atoms with van der Waals surface area (Å²) in [5.74, 6) is -1.82. The number of carboxylic acids is 1. The fraction of sp³-hybridized carbons (Fsp3) is 0.333. The third kappa shape index (κ3) is 4.30. The molecule has 1 saturated heterocycles. The maximum atomic E-state index is 14.8. The van der Waals surface area contributed by atoms with Crippen molar-refractivity contribution < 1.29 is 29.2 Å². The SMILES string of the molecule is CNc1cc(F)cc2c1Cc1ncc(-c3cnc4c(c3)c(=O)c(C(=O)O)cn4C(C)(CO)CO)c(N3CCOCC3)c1-2. The smallest absolute Gasteiger partial charge is 0.341 e. The highest BCUT2D eigenvalue weighted by atomic mass is 19.1. The molecule has 0 unspecified atom stereocenters. The minimum atomic E-state index is -1.44. The van der Waals surface area contributed by atoms with Crippen molar-refractivity contribution in [2.45, 2.75) is 18.9 Å². The van der Waals surface area contributed by atoms with Crippen molar-refractivity contribution in [3.05, 3.63) is 69.7 Å². The second-order valence-electron chi connectivity index (χ2n) is 10.8. The number of anilines is 2. The quantitative estimate of drug-likeness (QED) is 0.228. The van der Waals surface area contributed by atoms with Crippen molar-refractivity contribution in [1.29, 1.82) is 0 Å². The highest BCUT2D eigenvalue weighted by molar-refractivity contribution is 5.98. The fourth-order valence-corrected chi connectivity index (χ4v) is 5.85. The Morgan fingerprint density at radius 2 is 1.86 bits per heavy atom. The Hall–Kier alpha value is -4.39. The number of rotatable bonds is 7. The number of aromatic carboxylic acids is 1. The molecule has 6 rings (SSSR count). The van der Waals surface area contributed by atoms with Crippen LogP contribution in [0, 0.1) is 5.82 Å². The molecule has 4 aromatic rings. The van der Waals surface area contributed by atoms with Gasteiger partial charge in [0.2, 0.25) is 5.43 Å². The molecule has 1 fully saturated rings. The monoisotopic (exact) mass is 575 g/mol. The standard InChI is InChI=1S/C30H30FN5O6/c1-30(14-37,15-38)36-13-22(29(40)41)27(39)20-7-16(11-34-28(20)36)21-12-33-24-10-18-19(8-17(31)9-23(18)32-2)25(24)26(21)35-3-5-42-6-4-35/h7-9,11-13,32,37-38H,3-6,10,14-15H2,1-2H3,(H,40,41). The zero-order chi connectivity index (χ0) is 29.8. The number of pyridine rings is 3. The van der Waals surface area contributed by atoms with Gasteiger partial charge in [-0.25, -0.2) is 14.2 Å². The Morgan fingerprint density at radius 3 is 2.52 bits per heavy atom. The van der Waals surface area contributed by atoms with E-state index in [1.807, 2.05) is 0 Å². The average Bonchev–Trinajstić information content (AvgIpc) is 3.38. The van der Waals surface area contributed by atoms with Crippen LogP contribution in [0.1, 0.15) is 28.5 Å². The van der Waals surface area contributed by atoms with Gasteiger partial charge < -0.3 is 34.8 Å². The predicted octanol–water partition coefficient (Wildman–Crippen LogP) is 2.45. The molecular weight excluding hydrogens is 545 g/mol. The van der Waals surface area contributed by atoms with Crippen LogP contribution in [0.15, 0.2) is 41.6 Å². The molecule has 0 bridgehead atoms. The number of fused-ring (bicyclic) bond motifs is 4. The Bertz CT molecular complexity index is 1800. The Labute approximate surface area is 239 Å². The predicted molar refractivity (Wildman–Crippen MR) is 155 cm³/mol. The summed E-state index contributed by atoms with van der Waals surface area (Å²) < 4.78 is 21.7. The molecule has 2 aliphatic rings. The molecule has 11 nitrogen and oxygen atoms in total. The fourth-order valence-electron chi connectivity index (χ4n) is 5.85. The lowest BCUT2D eigenvalue weighted by molar-refractivity contribution is 0.0681. The number of hydrogen-bond acceptors (Lipinski definition) is 9. The number of benzene rings is 1. The summed E-state index contributed by atoms with van der Waals surface area (Å²) in [4.78, 5) is 36.9. The lowest BCUT2D eigenvalue weighted by atomic mass is 9.97. The Morgan fingerprint density at radius 1 is 1.12 bits per heavy atom. The van der Waals surface area contributed by atoms with Gasteiger partial charge in [0, 0.05) is 67.5 Å². The third-order valence-corrected chi connectivity index (χ3v) is 8.20. The number of carbonyl (C=O) groups is 1. The largest absolute Gasteiger partial charge is 0.477 e. The molecule has 0 saturated carbocycles. The van der Waals surface area contributed by atoms with E-state index in [-0.39, 0.29) is 16.9 Å². The molecule has 12 heteroatoms. The maximum absolute atomic E-state index is 14.8.